The van der Waals surface area contributed by atoms with Gasteiger partial charge in [0.05, 0.1) is 12.2 Å². The summed E-state index contributed by atoms with van der Waals surface area (Å²) in [7, 11) is 0. The maximum atomic E-state index is 12.2. The fraction of sp³-hybridized carbons (Fsp3) is 0.533. The van der Waals surface area contributed by atoms with E-state index in [4.69, 9.17) is 0 Å². The highest BCUT2D eigenvalue weighted by molar-refractivity contribution is 5.76. The van der Waals surface area contributed by atoms with Gasteiger partial charge in [-0.2, -0.15) is 0 Å². The molecule has 1 fully saturated rings. The van der Waals surface area contributed by atoms with Crippen molar-refractivity contribution in [1.82, 2.24) is 35.0 Å². The Morgan fingerprint density at radius 2 is 2.09 bits per heavy atom. The number of amides is 1. The quantitative estimate of drug-likeness (QED) is 0.779. The molecule has 2 aromatic heterocycles. The van der Waals surface area contributed by atoms with E-state index >= 15 is 0 Å². The minimum Gasteiger partial charge on any atom is -0.340 e. The van der Waals surface area contributed by atoms with Crippen LogP contribution in [0.25, 0.3) is 0 Å². The van der Waals surface area contributed by atoms with Crippen molar-refractivity contribution in [2.75, 3.05) is 26.2 Å². The van der Waals surface area contributed by atoms with E-state index in [1.165, 1.54) is 11.9 Å². The first-order valence-electron chi connectivity index (χ1n) is 7.84. The zero-order valence-electron chi connectivity index (χ0n) is 13.3. The van der Waals surface area contributed by atoms with Crippen LogP contribution in [0.4, 0.5) is 0 Å². The lowest BCUT2D eigenvalue weighted by Gasteiger charge is -2.34. The summed E-state index contributed by atoms with van der Waals surface area (Å²) in [6.45, 7) is 6.75. The number of carbonyl (C=O) groups excluding carboxylic acids is 1. The first-order valence-corrected chi connectivity index (χ1v) is 7.84. The Morgan fingerprint density at radius 3 is 2.78 bits per heavy atom. The summed E-state index contributed by atoms with van der Waals surface area (Å²) in [5.74, 6) is 0.161. The minimum absolute atomic E-state index is 0.161. The summed E-state index contributed by atoms with van der Waals surface area (Å²) in [6.07, 6.45) is 3.80. The number of pyridine rings is 1. The lowest BCUT2D eigenvalue weighted by Crippen LogP contribution is -2.48. The van der Waals surface area contributed by atoms with E-state index in [0.717, 1.165) is 38.4 Å². The van der Waals surface area contributed by atoms with Gasteiger partial charge in [-0.1, -0.05) is 6.07 Å². The van der Waals surface area contributed by atoms with Crippen molar-refractivity contribution in [2.24, 2.45) is 0 Å². The average molecular weight is 315 g/mol. The third-order valence-electron chi connectivity index (χ3n) is 4.16. The van der Waals surface area contributed by atoms with Crippen molar-refractivity contribution in [2.45, 2.75) is 26.4 Å². The molecule has 0 unspecified atom stereocenters. The summed E-state index contributed by atoms with van der Waals surface area (Å²) < 4.78 is 1.58. The van der Waals surface area contributed by atoms with Crippen molar-refractivity contribution in [3.63, 3.8) is 0 Å². The molecule has 122 valence electrons. The van der Waals surface area contributed by atoms with Gasteiger partial charge in [-0.25, -0.2) is 4.68 Å². The van der Waals surface area contributed by atoms with Crippen LogP contribution in [-0.4, -0.2) is 67.1 Å². The number of nitrogens with zero attached hydrogens (tertiary/aromatic N) is 7. The molecule has 0 N–H and O–H groups in total. The van der Waals surface area contributed by atoms with Gasteiger partial charge in [-0.3, -0.25) is 14.7 Å². The molecule has 0 bridgehead atoms. The van der Waals surface area contributed by atoms with Crippen molar-refractivity contribution < 1.29 is 4.79 Å². The van der Waals surface area contributed by atoms with Gasteiger partial charge < -0.3 is 4.90 Å². The van der Waals surface area contributed by atoms with Crippen LogP contribution < -0.4 is 0 Å². The van der Waals surface area contributed by atoms with Crippen LogP contribution in [0.15, 0.2) is 24.7 Å². The van der Waals surface area contributed by atoms with Gasteiger partial charge in [0.2, 0.25) is 5.91 Å². The molecule has 1 amide bonds. The molecule has 0 spiro atoms. The van der Waals surface area contributed by atoms with Gasteiger partial charge in [-0.15, -0.1) is 5.10 Å². The van der Waals surface area contributed by atoms with Crippen molar-refractivity contribution >= 4 is 5.91 Å². The second kappa shape index (κ2) is 7.28. The number of aromatic nitrogens is 5. The summed E-state index contributed by atoms with van der Waals surface area (Å²) in [6, 6.07) is 4.04. The van der Waals surface area contributed by atoms with E-state index < -0.39 is 0 Å². The summed E-state index contributed by atoms with van der Waals surface area (Å²) in [4.78, 5) is 20.9. The lowest BCUT2D eigenvalue weighted by molar-refractivity contribution is -0.133. The Bertz CT molecular complexity index is 635. The van der Waals surface area contributed by atoms with Crippen molar-refractivity contribution in [3.8, 4) is 0 Å². The van der Waals surface area contributed by atoms with E-state index in [1.807, 2.05) is 17.2 Å². The fourth-order valence-electron chi connectivity index (χ4n) is 2.70. The normalized spacial score (nSPS) is 15.8. The molecule has 1 aliphatic rings. The second-order valence-corrected chi connectivity index (χ2v) is 5.75. The fourth-order valence-corrected chi connectivity index (χ4v) is 2.70. The van der Waals surface area contributed by atoms with Crippen LogP contribution in [0.3, 0.4) is 0 Å². The minimum atomic E-state index is 0.161. The maximum absolute atomic E-state index is 12.2. The molecule has 0 aromatic carbocycles. The first-order chi connectivity index (χ1) is 11.2. The number of aryl methyl sites for hydroxylation is 2. The molecule has 8 heteroatoms. The van der Waals surface area contributed by atoms with E-state index in [1.54, 1.807) is 4.68 Å². The Balaban J connectivity index is 1.44. The standard InChI is InChI=1S/C15H21N7O/c1-13-3-2-5-16-14(13)11-20-7-9-21(10-8-20)15(23)4-6-22-12-17-18-19-22/h2-3,5,12H,4,6-11H2,1H3. The second-order valence-electron chi connectivity index (χ2n) is 5.75. The average Bonchev–Trinajstić information content (AvgIpc) is 3.09. The molecule has 1 saturated heterocycles. The Kier molecular flexibility index (Phi) is 4.92. The molecule has 0 atom stereocenters. The van der Waals surface area contributed by atoms with Crippen LogP contribution in [0.1, 0.15) is 17.7 Å². The van der Waals surface area contributed by atoms with Crippen molar-refractivity contribution in [1.29, 1.82) is 0 Å². The van der Waals surface area contributed by atoms with E-state index in [-0.39, 0.29) is 5.91 Å². The molecule has 3 heterocycles. The van der Waals surface area contributed by atoms with Crippen LogP contribution in [0.2, 0.25) is 0 Å². The van der Waals surface area contributed by atoms with E-state index in [9.17, 15) is 4.79 Å². The molecule has 1 aliphatic heterocycles. The Labute approximate surface area is 135 Å². The number of rotatable bonds is 5. The van der Waals surface area contributed by atoms with Gasteiger partial charge in [0.25, 0.3) is 0 Å². The number of carbonyl (C=O) groups is 1. The van der Waals surface area contributed by atoms with Crippen LogP contribution >= 0.6 is 0 Å². The van der Waals surface area contributed by atoms with E-state index in [2.05, 4.69) is 38.4 Å². The lowest BCUT2D eigenvalue weighted by atomic mass is 10.2. The number of piperazine rings is 1. The van der Waals surface area contributed by atoms with Crippen molar-refractivity contribution in [3.05, 3.63) is 35.9 Å². The number of hydrogen-bond donors (Lipinski definition) is 0. The van der Waals surface area contributed by atoms with Gasteiger partial charge in [0, 0.05) is 45.3 Å². The summed E-state index contributed by atoms with van der Waals surface area (Å²) >= 11 is 0. The summed E-state index contributed by atoms with van der Waals surface area (Å²) in [5, 5.41) is 10.9. The predicted molar refractivity (Wildman–Crippen MR) is 83.3 cm³/mol. The zero-order valence-corrected chi connectivity index (χ0v) is 13.3. The monoisotopic (exact) mass is 315 g/mol. The van der Waals surface area contributed by atoms with Crippen LogP contribution in [0.5, 0.6) is 0 Å². The maximum Gasteiger partial charge on any atom is 0.224 e. The van der Waals surface area contributed by atoms with Crippen LogP contribution in [0, 0.1) is 6.92 Å². The van der Waals surface area contributed by atoms with Crippen LogP contribution in [-0.2, 0) is 17.9 Å². The molecule has 2 aromatic rings. The predicted octanol–water partition coefficient (Wildman–Crippen LogP) is 0.111. The molecule has 3 rings (SSSR count). The third-order valence-corrected chi connectivity index (χ3v) is 4.16. The van der Waals surface area contributed by atoms with Gasteiger partial charge in [0.1, 0.15) is 6.33 Å². The van der Waals surface area contributed by atoms with E-state index in [0.29, 0.717) is 13.0 Å². The van der Waals surface area contributed by atoms with Gasteiger partial charge >= 0.3 is 0 Å². The molecule has 23 heavy (non-hydrogen) atoms. The highest BCUT2D eigenvalue weighted by atomic mass is 16.2. The SMILES string of the molecule is Cc1cccnc1CN1CCN(C(=O)CCn2cnnn2)CC1. The topological polar surface area (TPSA) is 80.0 Å². The molecule has 0 aliphatic carbocycles. The molecular formula is C15H21N7O. The number of tetrazole rings is 1. The molecular weight excluding hydrogens is 294 g/mol. The summed E-state index contributed by atoms with van der Waals surface area (Å²) in [5.41, 5.74) is 2.33. The third kappa shape index (κ3) is 4.10. The molecule has 0 radical (unpaired) electrons. The molecule has 0 saturated carbocycles. The highest BCUT2D eigenvalue weighted by Crippen LogP contribution is 2.11. The largest absolute Gasteiger partial charge is 0.340 e. The van der Waals surface area contributed by atoms with Gasteiger partial charge in [0.15, 0.2) is 0 Å². The highest BCUT2D eigenvalue weighted by Gasteiger charge is 2.21. The Morgan fingerprint density at radius 1 is 1.26 bits per heavy atom. The molecule has 8 nitrogen and oxygen atoms in total. The smallest absolute Gasteiger partial charge is 0.224 e. The zero-order chi connectivity index (χ0) is 16.1. The Hall–Kier alpha value is -2.35. The first kappa shape index (κ1) is 15.5. The number of hydrogen-bond acceptors (Lipinski definition) is 6. The van der Waals surface area contributed by atoms with Gasteiger partial charge in [-0.05, 0) is 29.0 Å².